The van der Waals surface area contributed by atoms with Gasteiger partial charge in [-0.2, -0.15) is 0 Å². The van der Waals surface area contributed by atoms with Crippen molar-refractivity contribution in [1.82, 2.24) is 0 Å². The van der Waals surface area contributed by atoms with Gasteiger partial charge < -0.3 is 15.8 Å². The lowest BCUT2D eigenvalue weighted by atomic mass is 9.98. The molecule has 0 bridgehead atoms. The molecule has 2 aliphatic rings. The van der Waals surface area contributed by atoms with Gasteiger partial charge in [0.2, 0.25) is 0 Å². The van der Waals surface area contributed by atoms with Crippen molar-refractivity contribution in [2.24, 2.45) is 17.8 Å². The molecule has 0 radical (unpaired) electrons. The fourth-order valence-electron chi connectivity index (χ4n) is 2.98. The normalized spacial score (nSPS) is 18.4. The van der Waals surface area contributed by atoms with Gasteiger partial charge in [0.1, 0.15) is 0 Å². The van der Waals surface area contributed by atoms with Gasteiger partial charge in [-0.3, -0.25) is 0 Å². The Hall–Kier alpha value is -1.45. The molecule has 2 saturated carbocycles. The van der Waals surface area contributed by atoms with E-state index >= 15 is 0 Å². The summed E-state index contributed by atoms with van der Waals surface area (Å²) in [5.74, 6) is 2.43. The van der Waals surface area contributed by atoms with Crippen LogP contribution < -0.4 is 15.8 Å². The standard InChI is InChI=1S/C16H23FN2O/c1-2-20-16-8-15(14(18)7-13(16)17)19-9-12(10-3-4-10)11-5-6-11/h7-8,10-12,19H,2-6,9,18H2,1H3. The Kier molecular flexibility index (Phi) is 3.72. The SMILES string of the molecule is CCOc1cc(NCC(C2CC2)C2CC2)c(N)cc1F. The van der Waals surface area contributed by atoms with Crippen molar-refractivity contribution in [3.63, 3.8) is 0 Å². The van der Waals surface area contributed by atoms with E-state index in [1.54, 1.807) is 6.07 Å². The average molecular weight is 278 g/mol. The van der Waals surface area contributed by atoms with Crippen LogP contribution in [0.4, 0.5) is 15.8 Å². The van der Waals surface area contributed by atoms with E-state index in [9.17, 15) is 4.39 Å². The maximum absolute atomic E-state index is 13.7. The summed E-state index contributed by atoms with van der Waals surface area (Å²) in [5.41, 5.74) is 7.15. The van der Waals surface area contributed by atoms with Crippen LogP contribution in [0.3, 0.4) is 0 Å². The Morgan fingerprint density at radius 1 is 1.30 bits per heavy atom. The van der Waals surface area contributed by atoms with E-state index in [4.69, 9.17) is 10.5 Å². The number of ether oxygens (including phenoxy) is 1. The Morgan fingerprint density at radius 2 is 1.95 bits per heavy atom. The molecule has 3 N–H and O–H groups in total. The Balaban J connectivity index is 1.67. The van der Waals surface area contributed by atoms with Crippen LogP contribution in [0.5, 0.6) is 5.75 Å². The number of anilines is 2. The van der Waals surface area contributed by atoms with Gasteiger partial charge in [-0.1, -0.05) is 0 Å². The number of nitrogens with two attached hydrogens (primary N) is 1. The third-order valence-corrected chi connectivity index (χ3v) is 4.39. The topological polar surface area (TPSA) is 47.3 Å². The van der Waals surface area contributed by atoms with E-state index in [1.165, 1.54) is 31.7 Å². The van der Waals surface area contributed by atoms with Crippen molar-refractivity contribution in [1.29, 1.82) is 0 Å². The van der Waals surface area contributed by atoms with E-state index in [1.807, 2.05) is 6.92 Å². The van der Waals surface area contributed by atoms with Crippen molar-refractivity contribution in [3.05, 3.63) is 17.9 Å². The first-order chi connectivity index (χ1) is 9.69. The predicted molar refractivity (Wildman–Crippen MR) is 79.4 cm³/mol. The summed E-state index contributed by atoms with van der Waals surface area (Å²) in [5, 5.41) is 3.41. The van der Waals surface area contributed by atoms with Crippen LogP contribution in [0, 0.1) is 23.6 Å². The average Bonchev–Trinajstić information content (AvgIpc) is 3.26. The summed E-state index contributed by atoms with van der Waals surface area (Å²) in [6, 6.07) is 3.03. The van der Waals surface area contributed by atoms with E-state index in [0.717, 1.165) is 30.0 Å². The molecule has 0 aliphatic heterocycles. The lowest BCUT2D eigenvalue weighted by Crippen LogP contribution is -2.19. The first-order valence-corrected chi connectivity index (χ1v) is 7.64. The molecule has 4 heteroatoms. The van der Waals surface area contributed by atoms with E-state index < -0.39 is 5.82 Å². The van der Waals surface area contributed by atoms with Gasteiger partial charge in [-0.25, -0.2) is 4.39 Å². The highest BCUT2D eigenvalue weighted by atomic mass is 19.1. The van der Waals surface area contributed by atoms with Gasteiger partial charge in [-0.05, 0) is 50.4 Å². The van der Waals surface area contributed by atoms with Crippen LogP contribution in [-0.2, 0) is 0 Å². The maximum atomic E-state index is 13.7. The molecule has 2 aliphatic carbocycles. The molecule has 1 aromatic carbocycles. The molecular formula is C16H23FN2O. The minimum atomic E-state index is -0.393. The van der Waals surface area contributed by atoms with Crippen molar-refractivity contribution in [3.8, 4) is 5.75 Å². The van der Waals surface area contributed by atoms with Crippen molar-refractivity contribution in [2.75, 3.05) is 24.2 Å². The number of nitrogens with one attached hydrogen (secondary N) is 1. The molecule has 0 heterocycles. The number of hydrogen-bond acceptors (Lipinski definition) is 3. The van der Waals surface area contributed by atoms with E-state index in [0.29, 0.717) is 12.3 Å². The van der Waals surface area contributed by atoms with Crippen LogP contribution in [0.25, 0.3) is 0 Å². The largest absolute Gasteiger partial charge is 0.491 e. The van der Waals surface area contributed by atoms with Crippen LogP contribution >= 0.6 is 0 Å². The monoisotopic (exact) mass is 278 g/mol. The van der Waals surface area contributed by atoms with Crippen molar-refractivity contribution < 1.29 is 9.13 Å². The Morgan fingerprint density at radius 3 is 2.50 bits per heavy atom. The molecule has 3 rings (SSSR count). The molecule has 0 saturated heterocycles. The molecule has 3 nitrogen and oxygen atoms in total. The quantitative estimate of drug-likeness (QED) is 0.748. The lowest BCUT2D eigenvalue weighted by Gasteiger charge is -2.19. The first-order valence-electron chi connectivity index (χ1n) is 7.64. The maximum Gasteiger partial charge on any atom is 0.167 e. The van der Waals surface area contributed by atoms with E-state index in [-0.39, 0.29) is 5.75 Å². The molecule has 2 fully saturated rings. The molecule has 0 unspecified atom stereocenters. The predicted octanol–water partition coefficient (Wildman–Crippen LogP) is 3.65. The number of rotatable bonds is 7. The summed E-state index contributed by atoms with van der Waals surface area (Å²) < 4.78 is 18.9. The minimum Gasteiger partial charge on any atom is -0.491 e. The number of halogens is 1. The van der Waals surface area contributed by atoms with Crippen LogP contribution in [0.15, 0.2) is 12.1 Å². The zero-order valence-electron chi connectivity index (χ0n) is 12.0. The summed E-state index contributed by atoms with van der Waals surface area (Å²) in [4.78, 5) is 0. The molecule has 0 spiro atoms. The third kappa shape index (κ3) is 3.00. The second kappa shape index (κ2) is 5.51. The summed E-state index contributed by atoms with van der Waals surface area (Å²) in [6.07, 6.45) is 5.47. The molecule has 0 atom stereocenters. The van der Waals surface area contributed by atoms with Crippen molar-refractivity contribution >= 4 is 11.4 Å². The highest BCUT2D eigenvalue weighted by Crippen LogP contribution is 2.49. The number of benzene rings is 1. The summed E-state index contributed by atoms with van der Waals surface area (Å²) >= 11 is 0. The summed E-state index contributed by atoms with van der Waals surface area (Å²) in [7, 11) is 0. The van der Waals surface area contributed by atoms with Gasteiger partial charge in [0, 0.05) is 18.7 Å². The zero-order chi connectivity index (χ0) is 14.1. The molecule has 0 aromatic heterocycles. The molecular weight excluding hydrogens is 255 g/mol. The third-order valence-electron chi connectivity index (χ3n) is 4.39. The van der Waals surface area contributed by atoms with Gasteiger partial charge >= 0.3 is 0 Å². The molecule has 0 amide bonds. The van der Waals surface area contributed by atoms with Gasteiger partial charge in [0.25, 0.3) is 0 Å². The van der Waals surface area contributed by atoms with Gasteiger partial charge in [-0.15, -0.1) is 0 Å². The van der Waals surface area contributed by atoms with Crippen LogP contribution in [-0.4, -0.2) is 13.2 Å². The van der Waals surface area contributed by atoms with E-state index in [2.05, 4.69) is 5.32 Å². The summed E-state index contributed by atoms with van der Waals surface area (Å²) in [6.45, 7) is 3.24. The minimum absolute atomic E-state index is 0.276. The zero-order valence-corrected chi connectivity index (χ0v) is 12.0. The van der Waals surface area contributed by atoms with Gasteiger partial charge in [0.05, 0.1) is 18.0 Å². The van der Waals surface area contributed by atoms with Crippen molar-refractivity contribution in [2.45, 2.75) is 32.6 Å². The Bertz CT molecular complexity index is 472. The fraction of sp³-hybridized carbons (Fsp3) is 0.625. The van der Waals surface area contributed by atoms with Crippen LogP contribution in [0.2, 0.25) is 0 Å². The van der Waals surface area contributed by atoms with Crippen LogP contribution in [0.1, 0.15) is 32.6 Å². The second-order valence-electron chi connectivity index (χ2n) is 6.02. The molecule has 1 aromatic rings. The highest BCUT2D eigenvalue weighted by Gasteiger charge is 2.41. The first kappa shape index (κ1) is 13.5. The smallest absolute Gasteiger partial charge is 0.167 e. The highest BCUT2D eigenvalue weighted by molar-refractivity contribution is 5.68. The molecule has 110 valence electrons. The van der Waals surface area contributed by atoms with Gasteiger partial charge in [0.15, 0.2) is 11.6 Å². The Labute approximate surface area is 119 Å². The number of nitrogen functional groups attached to an aromatic ring is 1. The lowest BCUT2D eigenvalue weighted by molar-refractivity contribution is 0.322. The molecule has 20 heavy (non-hydrogen) atoms. The fourth-order valence-corrected chi connectivity index (χ4v) is 2.98. The second-order valence-corrected chi connectivity index (χ2v) is 6.02. The number of hydrogen-bond donors (Lipinski definition) is 2.